The molecule has 0 aliphatic carbocycles. The Labute approximate surface area is 403 Å². The predicted octanol–water partition coefficient (Wildman–Crippen LogP) is 17.0. The summed E-state index contributed by atoms with van der Waals surface area (Å²) in [6, 6.07) is 0. The van der Waals surface area contributed by atoms with Gasteiger partial charge in [-0.2, -0.15) is 0 Å². The monoisotopic (exact) mass is 907 g/mol. The highest BCUT2D eigenvalue weighted by Gasteiger charge is 2.19. The fourth-order valence-corrected chi connectivity index (χ4v) is 6.10. The van der Waals surface area contributed by atoms with Gasteiger partial charge in [-0.25, -0.2) is 0 Å². The van der Waals surface area contributed by atoms with Crippen molar-refractivity contribution in [2.75, 3.05) is 13.2 Å². The van der Waals surface area contributed by atoms with E-state index in [0.29, 0.717) is 19.3 Å². The normalized spacial score (nSPS) is 13.4. The van der Waals surface area contributed by atoms with E-state index in [1.807, 2.05) is 18.2 Å². The van der Waals surface area contributed by atoms with Crippen LogP contribution in [-0.2, 0) is 28.6 Å². The first-order valence-electron chi connectivity index (χ1n) is 25.5. The molecule has 1 atom stereocenters. The summed E-state index contributed by atoms with van der Waals surface area (Å²) in [7, 11) is 0. The fraction of sp³-hybridized carbons (Fsp3) is 0.517. The van der Waals surface area contributed by atoms with Crippen LogP contribution >= 0.6 is 0 Å². The molecule has 1 unspecified atom stereocenters. The first kappa shape index (κ1) is 61.0. The first-order valence-corrected chi connectivity index (χ1v) is 25.5. The average Bonchev–Trinajstić information content (AvgIpc) is 3.31. The molecule has 0 heterocycles. The average molecular weight is 907 g/mol. The van der Waals surface area contributed by atoms with Crippen molar-refractivity contribution < 1.29 is 28.6 Å². The van der Waals surface area contributed by atoms with Crippen molar-refractivity contribution >= 4 is 17.9 Å². The zero-order valence-electron chi connectivity index (χ0n) is 41.6. The van der Waals surface area contributed by atoms with E-state index < -0.39 is 6.10 Å². The van der Waals surface area contributed by atoms with Crippen molar-refractivity contribution in [3.8, 4) is 0 Å². The summed E-state index contributed by atoms with van der Waals surface area (Å²) in [6.45, 7) is 6.13. The van der Waals surface area contributed by atoms with Crippen LogP contribution in [0.1, 0.15) is 181 Å². The molecule has 0 aromatic heterocycles. The standard InChI is InChI=1S/C60H90O6/c1-4-7-10-13-16-19-22-25-27-29-30-31-33-35-38-41-44-47-50-53-59(62)65-56-57(55-64-58(61)52-49-46-43-40-37-34-24-21-18-15-12-9-6-3)66-60(63)54-51-48-45-42-39-36-32-28-26-23-20-17-14-11-8-5-2/h7-12,15-21,24-28,30-31,35-36,38-39,44,47,57H,4-6,13-14,22-23,29,32-34,37,40-43,45-46,48-56H2,1-3H3/b10-7-,11-8-,12-9-,18-15-,19-16-,20-17-,24-21-,27-25-,28-26-,31-30-,38-35-,39-36-,47-44-. The van der Waals surface area contributed by atoms with Crippen LogP contribution in [0.15, 0.2) is 158 Å². The quantitative estimate of drug-likeness (QED) is 0.0199. The molecular formula is C60H90O6. The minimum Gasteiger partial charge on any atom is -0.462 e. The van der Waals surface area contributed by atoms with Gasteiger partial charge in [0.2, 0.25) is 0 Å². The van der Waals surface area contributed by atoms with Crippen molar-refractivity contribution in [3.63, 3.8) is 0 Å². The number of hydrogen-bond donors (Lipinski definition) is 0. The Balaban J connectivity index is 4.62. The van der Waals surface area contributed by atoms with Gasteiger partial charge in [0.25, 0.3) is 0 Å². The molecule has 0 N–H and O–H groups in total. The number of esters is 3. The van der Waals surface area contributed by atoms with Crippen LogP contribution in [0.25, 0.3) is 0 Å². The molecule has 0 aliphatic rings. The first-order chi connectivity index (χ1) is 32.5. The van der Waals surface area contributed by atoms with E-state index in [2.05, 4.69) is 161 Å². The molecule has 0 aromatic rings. The highest BCUT2D eigenvalue weighted by Crippen LogP contribution is 2.11. The molecule has 0 aromatic carbocycles. The van der Waals surface area contributed by atoms with Gasteiger partial charge >= 0.3 is 17.9 Å². The van der Waals surface area contributed by atoms with Crippen molar-refractivity contribution in [1.82, 2.24) is 0 Å². The van der Waals surface area contributed by atoms with Crippen molar-refractivity contribution in [2.24, 2.45) is 0 Å². The topological polar surface area (TPSA) is 78.9 Å². The molecule has 0 saturated heterocycles. The molecule has 0 bridgehead atoms. The zero-order valence-corrected chi connectivity index (χ0v) is 41.6. The number of rotatable bonds is 43. The molecule has 0 fully saturated rings. The van der Waals surface area contributed by atoms with E-state index in [4.69, 9.17) is 14.2 Å². The van der Waals surface area contributed by atoms with Gasteiger partial charge in [0.05, 0.1) is 0 Å². The second-order valence-electron chi connectivity index (χ2n) is 16.0. The van der Waals surface area contributed by atoms with E-state index in [1.54, 1.807) is 0 Å². The third-order valence-corrected chi connectivity index (χ3v) is 9.83. The van der Waals surface area contributed by atoms with E-state index in [-0.39, 0.29) is 44.0 Å². The minimum atomic E-state index is -0.841. The SMILES string of the molecule is CC\C=C/C=C\C=C/CCCCCCCC(=O)OCC(COC(=O)CC/C=C\C/C=C\C/C=C\C/C=C\C/C=C\C/C=C\CC)OC(=O)CCCCC/C=C\C/C=C\C/C=C\C/C=C\CC. The van der Waals surface area contributed by atoms with Crippen molar-refractivity contribution in [3.05, 3.63) is 158 Å². The lowest BCUT2D eigenvalue weighted by Gasteiger charge is -2.18. The Bertz CT molecular complexity index is 1560. The lowest BCUT2D eigenvalue weighted by Crippen LogP contribution is -2.30. The van der Waals surface area contributed by atoms with Gasteiger partial charge in [-0.15, -0.1) is 0 Å². The molecular weight excluding hydrogens is 817 g/mol. The van der Waals surface area contributed by atoms with Crippen LogP contribution in [0.4, 0.5) is 0 Å². The van der Waals surface area contributed by atoms with Crippen molar-refractivity contribution in [2.45, 2.75) is 187 Å². The molecule has 6 heteroatoms. The van der Waals surface area contributed by atoms with Gasteiger partial charge in [-0.3, -0.25) is 14.4 Å². The Kier molecular flexibility index (Phi) is 48.7. The number of unbranched alkanes of at least 4 members (excludes halogenated alkanes) is 8. The number of ether oxygens (including phenoxy) is 3. The second-order valence-corrected chi connectivity index (χ2v) is 16.0. The number of hydrogen-bond acceptors (Lipinski definition) is 6. The molecule has 366 valence electrons. The molecule has 0 spiro atoms. The number of carbonyl (C=O) groups is 3. The number of carbonyl (C=O) groups excluding carboxylic acids is 3. The van der Waals surface area contributed by atoms with Crippen LogP contribution in [0.5, 0.6) is 0 Å². The predicted molar refractivity (Wildman–Crippen MR) is 283 cm³/mol. The van der Waals surface area contributed by atoms with E-state index in [9.17, 15) is 14.4 Å². The van der Waals surface area contributed by atoms with Crippen LogP contribution < -0.4 is 0 Å². The maximum atomic E-state index is 12.8. The fourth-order valence-electron chi connectivity index (χ4n) is 6.10. The molecule has 66 heavy (non-hydrogen) atoms. The third-order valence-electron chi connectivity index (χ3n) is 9.83. The smallest absolute Gasteiger partial charge is 0.306 e. The number of allylic oxidation sites excluding steroid dienone is 26. The lowest BCUT2D eigenvalue weighted by molar-refractivity contribution is -0.166. The Morgan fingerprint density at radius 3 is 1.12 bits per heavy atom. The second kappa shape index (κ2) is 52.7. The molecule has 0 radical (unpaired) electrons. The minimum absolute atomic E-state index is 0.133. The van der Waals surface area contributed by atoms with Gasteiger partial charge < -0.3 is 14.2 Å². The van der Waals surface area contributed by atoms with Crippen LogP contribution in [0.2, 0.25) is 0 Å². The van der Waals surface area contributed by atoms with Gasteiger partial charge in [0.1, 0.15) is 13.2 Å². The summed E-state index contributed by atoms with van der Waals surface area (Å²) in [6.07, 6.45) is 76.7. The summed E-state index contributed by atoms with van der Waals surface area (Å²) < 4.78 is 16.7. The van der Waals surface area contributed by atoms with Gasteiger partial charge in [0, 0.05) is 19.3 Å². The molecule has 6 nitrogen and oxygen atoms in total. The van der Waals surface area contributed by atoms with Gasteiger partial charge in [-0.1, -0.05) is 204 Å². The highest BCUT2D eigenvalue weighted by molar-refractivity contribution is 5.71. The van der Waals surface area contributed by atoms with Gasteiger partial charge in [0.15, 0.2) is 6.10 Å². The third kappa shape index (κ3) is 50.0. The van der Waals surface area contributed by atoms with Crippen molar-refractivity contribution in [1.29, 1.82) is 0 Å². The highest BCUT2D eigenvalue weighted by atomic mass is 16.6. The Morgan fingerprint density at radius 2 is 0.652 bits per heavy atom. The molecule has 0 rings (SSSR count). The largest absolute Gasteiger partial charge is 0.462 e. The van der Waals surface area contributed by atoms with Crippen LogP contribution in [0.3, 0.4) is 0 Å². The Morgan fingerprint density at radius 1 is 0.318 bits per heavy atom. The van der Waals surface area contributed by atoms with E-state index >= 15 is 0 Å². The summed E-state index contributed by atoms with van der Waals surface area (Å²) in [4.78, 5) is 38.0. The summed E-state index contributed by atoms with van der Waals surface area (Å²) >= 11 is 0. The molecule has 0 amide bonds. The van der Waals surface area contributed by atoms with E-state index in [0.717, 1.165) is 128 Å². The molecule has 0 saturated carbocycles. The lowest BCUT2D eigenvalue weighted by atomic mass is 10.1. The van der Waals surface area contributed by atoms with Crippen LogP contribution in [0, 0.1) is 0 Å². The maximum absolute atomic E-state index is 12.8. The Hall–Kier alpha value is -4.97. The van der Waals surface area contributed by atoms with Gasteiger partial charge in [-0.05, 0) is 116 Å². The maximum Gasteiger partial charge on any atom is 0.306 e. The summed E-state index contributed by atoms with van der Waals surface area (Å²) in [5, 5.41) is 0. The summed E-state index contributed by atoms with van der Waals surface area (Å²) in [5.41, 5.74) is 0. The van der Waals surface area contributed by atoms with E-state index in [1.165, 1.54) is 0 Å². The molecule has 0 aliphatic heterocycles. The zero-order chi connectivity index (χ0) is 47.9. The van der Waals surface area contributed by atoms with Crippen LogP contribution in [-0.4, -0.2) is 37.2 Å². The summed E-state index contributed by atoms with van der Waals surface area (Å²) in [5.74, 6) is -1.09.